The van der Waals surface area contributed by atoms with Gasteiger partial charge in [-0.25, -0.2) is 13.6 Å². The van der Waals surface area contributed by atoms with Gasteiger partial charge >= 0.3 is 5.97 Å². The van der Waals surface area contributed by atoms with Gasteiger partial charge in [0.25, 0.3) is 0 Å². The molecule has 2 unspecified atom stereocenters. The van der Waals surface area contributed by atoms with Gasteiger partial charge in [-0.3, -0.25) is 4.79 Å². The van der Waals surface area contributed by atoms with Crippen molar-refractivity contribution >= 4 is 35.1 Å². The molecule has 2 aromatic carbocycles. The zero-order valence-corrected chi connectivity index (χ0v) is 18.7. The summed E-state index contributed by atoms with van der Waals surface area (Å²) in [5, 5.41) is 12.7. The van der Waals surface area contributed by atoms with Gasteiger partial charge in [-0.1, -0.05) is 35.3 Å². The van der Waals surface area contributed by atoms with Gasteiger partial charge in [-0.05, 0) is 66.1 Å². The molecule has 2 aromatic rings. The third kappa shape index (κ3) is 4.62. The molecule has 2 fully saturated rings. The summed E-state index contributed by atoms with van der Waals surface area (Å²) in [6.07, 6.45) is 0.831. The molecule has 2 atom stereocenters. The Hall–Kier alpha value is -2.18. The monoisotopic (exact) mass is 481 g/mol. The van der Waals surface area contributed by atoms with Crippen molar-refractivity contribution < 1.29 is 23.5 Å². The minimum atomic E-state index is -2.67. The number of carboxylic acid groups (broad SMARTS) is 1. The Labute approximate surface area is 194 Å². The predicted molar refractivity (Wildman–Crippen MR) is 120 cm³/mol. The number of nitrogens with one attached hydrogen (secondary N) is 1. The van der Waals surface area contributed by atoms with E-state index in [2.05, 4.69) is 5.32 Å². The van der Waals surface area contributed by atoms with Crippen LogP contribution in [0.3, 0.4) is 0 Å². The van der Waals surface area contributed by atoms with Crippen molar-refractivity contribution in [3.8, 4) is 11.1 Å². The van der Waals surface area contributed by atoms with E-state index in [9.17, 15) is 18.4 Å². The molecule has 2 N–H and O–H groups in total. The van der Waals surface area contributed by atoms with E-state index in [4.69, 9.17) is 28.3 Å². The highest BCUT2D eigenvalue weighted by molar-refractivity contribution is 6.36. The quantitative estimate of drug-likeness (QED) is 0.518. The van der Waals surface area contributed by atoms with E-state index >= 15 is 0 Å². The van der Waals surface area contributed by atoms with Crippen molar-refractivity contribution in [2.75, 3.05) is 6.54 Å². The number of alkyl halides is 2. The summed E-state index contributed by atoms with van der Waals surface area (Å²) in [6.45, 7) is 0.548. The summed E-state index contributed by atoms with van der Waals surface area (Å²) >= 11 is 13.4. The van der Waals surface area contributed by atoms with E-state index in [0.29, 0.717) is 47.0 Å². The van der Waals surface area contributed by atoms with Gasteiger partial charge in [0, 0.05) is 41.3 Å². The first-order chi connectivity index (χ1) is 15.2. The Kier molecular flexibility index (Phi) is 6.46. The maximum Gasteiger partial charge on any atom is 0.335 e. The SMILES string of the molecule is O=C(O)c1ccc(-c2cc(Cl)c(C(C3CCC(F)(F)CC3)C3CCNC3=O)c(Cl)c2)cc1. The Morgan fingerprint density at radius 1 is 1.03 bits per heavy atom. The van der Waals surface area contributed by atoms with Gasteiger partial charge < -0.3 is 10.4 Å². The molecule has 0 spiro atoms. The minimum absolute atomic E-state index is 0.0900. The molecule has 170 valence electrons. The number of amides is 1. The number of carbonyl (C=O) groups is 2. The lowest BCUT2D eigenvalue weighted by molar-refractivity contribution is -0.123. The minimum Gasteiger partial charge on any atom is -0.478 e. The fraction of sp³-hybridized carbons (Fsp3) is 0.417. The summed E-state index contributed by atoms with van der Waals surface area (Å²) in [5.74, 6) is -4.58. The van der Waals surface area contributed by atoms with Crippen molar-refractivity contribution in [2.24, 2.45) is 11.8 Å². The van der Waals surface area contributed by atoms with E-state index in [1.807, 2.05) is 0 Å². The predicted octanol–water partition coefficient (Wildman–Crippen LogP) is 6.40. The van der Waals surface area contributed by atoms with Crippen molar-refractivity contribution in [2.45, 2.75) is 43.9 Å². The van der Waals surface area contributed by atoms with Gasteiger partial charge in [0.15, 0.2) is 0 Å². The van der Waals surface area contributed by atoms with Crippen LogP contribution in [-0.2, 0) is 4.79 Å². The molecule has 1 aliphatic carbocycles. The Morgan fingerprint density at radius 2 is 1.62 bits per heavy atom. The van der Waals surface area contributed by atoms with Crippen LogP contribution < -0.4 is 5.32 Å². The van der Waals surface area contributed by atoms with Crippen molar-refractivity contribution in [3.05, 3.63) is 57.6 Å². The number of aromatic carboxylic acids is 1. The summed E-state index contributed by atoms with van der Waals surface area (Å²) in [6, 6.07) is 9.85. The molecular weight excluding hydrogens is 459 g/mol. The molecule has 8 heteroatoms. The first kappa shape index (κ1) is 23.0. The maximum absolute atomic E-state index is 13.8. The van der Waals surface area contributed by atoms with E-state index in [1.54, 1.807) is 24.3 Å². The van der Waals surface area contributed by atoms with Crippen molar-refractivity contribution in [3.63, 3.8) is 0 Å². The fourth-order valence-corrected chi connectivity index (χ4v) is 5.76. The molecule has 1 aliphatic heterocycles. The van der Waals surface area contributed by atoms with E-state index in [-0.39, 0.29) is 42.1 Å². The van der Waals surface area contributed by atoms with Gasteiger partial charge in [0.1, 0.15) is 0 Å². The summed E-state index contributed by atoms with van der Waals surface area (Å²) in [4.78, 5) is 23.7. The fourth-order valence-electron chi connectivity index (χ4n) is 5.02. The maximum atomic E-state index is 13.8. The van der Waals surface area contributed by atoms with Crippen molar-refractivity contribution in [1.82, 2.24) is 5.32 Å². The molecule has 4 rings (SSSR count). The molecule has 1 heterocycles. The highest BCUT2D eigenvalue weighted by Crippen LogP contribution is 2.50. The largest absolute Gasteiger partial charge is 0.478 e. The molecule has 1 amide bonds. The average Bonchev–Trinajstić information content (AvgIpc) is 3.16. The van der Waals surface area contributed by atoms with Gasteiger partial charge in [0.05, 0.1) is 5.56 Å². The molecule has 0 bridgehead atoms. The highest BCUT2D eigenvalue weighted by Gasteiger charge is 2.44. The lowest BCUT2D eigenvalue weighted by atomic mass is 9.69. The van der Waals surface area contributed by atoms with Crippen LogP contribution in [0.25, 0.3) is 11.1 Å². The van der Waals surface area contributed by atoms with Gasteiger partial charge in [-0.2, -0.15) is 0 Å². The molecule has 0 radical (unpaired) electrons. The molecule has 1 saturated carbocycles. The van der Waals surface area contributed by atoms with E-state index in [0.717, 1.165) is 5.56 Å². The standard InChI is InChI=1S/C24H23Cl2F2NO3/c25-18-11-16(13-1-3-15(4-2-13)23(31)32)12-19(26)21(18)20(17-7-10-29-22(17)30)14-5-8-24(27,28)9-6-14/h1-4,11-12,14,17,20H,5-10H2,(H,29,30)(H,31,32). The number of halogens is 4. The van der Waals surface area contributed by atoms with E-state index in [1.165, 1.54) is 12.1 Å². The number of hydrogen-bond acceptors (Lipinski definition) is 2. The highest BCUT2D eigenvalue weighted by atomic mass is 35.5. The molecule has 4 nitrogen and oxygen atoms in total. The summed E-state index contributed by atoms with van der Waals surface area (Å²) in [7, 11) is 0. The van der Waals surface area contributed by atoms with Crippen LogP contribution in [0.15, 0.2) is 36.4 Å². The third-order valence-electron chi connectivity index (χ3n) is 6.67. The number of carboxylic acids is 1. The summed E-state index contributed by atoms with van der Waals surface area (Å²) < 4.78 is 27.6. The molecule has 1 saturated heterocycles. The first-order valence-corrected chi connectivity index (χ1v) is 11.4. The first-order valence-electron chi connectivity index (χ1n) is 10.6. The van der Waals surface area contributed by atoms with Crippen LogP contribution >= 0.6 is 23.2 Å². The Bertz CT molecular complexity index is 1010. The average molecular weight is 482 g/mol. The second kappa shape index (κ2) is 8.99. The number of benzene rings is 2. The molecular formula is C24H23Cl2F2NO3. The zero-order valence-electron chi connectivity index (χ0n) is 17.2. The second-order valence-corrected chi connectivity index (χ2v) is 9.46. The third-order valence-corrected chi connectivity index (χ3v) is 7.30. The van der Waals surface area contributed by atoms with Crippen LogP contribution in [0.2, 0.25) is 10.0 Å². The Balaban J connectivity index is 1.71. The summed E-state index contributed by atoms with van der Waals surface area (Å²) in [5.41, 5.74) is 2.27. The number of hydrogen-bond donors (Lipinski definition) is 2. The molecule has 32 heavy (non-hydrogen) atoms. The normalized spacial score (nSPS) is 21.9. The van der Waals surface area contributed by atoms with Crippen molar-refractivity contribution in [1.29, 1.82) is 0 Å². The number of rotatable bonds is 5. The zero-order chi connectivity index (χ0) is 23.0. The van der Waals surface area contributed by atoms with Gasteiger partial charge in [0.2, 0.25) is 11.8 Å². The number of carbonyl (C=O) groups excluding carboxylic acids is 1. The van der Waals surface area contributed by atoms with Crippen LogP contribution in [0.5, 0.6) is 0 Å². The Morgan fingerprint density at radius 3 is 2.12 bits per heavy atom. The lowest BCUT2D eigenvalue weighted by Gasteiger charge is -2.37. The van der Waals surface area contributed by atoms with E-state index < -0.39 is 11.9 Å². The lowest BCUT2D eigenvalue weighted by Crippen LogP contribution is -2.33. The van der Waals surface area contributed by atoms with Crippen LogP contribution in [-0.4, -0.2) is 29.5 Å². The van der Waals surface area contributed by atoms with Crippen LogP contribution in [0.1, 0.15) is 53.9 Å². The second-order valence-electron chi connectivity index (χ2n) is 8.64. The van der Waals surface area contributed by atoms with Gasteiger partial charge in [-0.15, -0.1) is 0 Å². The molecule has 0 aromatic heterocycles. The van der Waals surface area contributed by atoms with Crippen LogP contribution in [0, 0.1) is 11.8 Å². The smallest absolute Gasteiger partial charge is 0.335 e. The molecule has 2 aliphatic rings. The topological polar surface area (TPSA) is 66.4 Å². The van der Waals surface area contributed by atoms with Crippen LogP contribution in [0.4, 0.5) is 8.78 Å².